The third kappa shape index (κ3) is 7.19. The fourth-order valence-corrected chi connectivity index (χ4v) is 2.09. The molecule has 0 radical (unpaired) electrons. The van der Waals surface area contributed by atoms with Gasteiger partial charge in [0.05, 0.1) is 12.2 Å². The van der Waals surface area contributed by atoms with Crippen LogP contribution >= 0.6 is 0 Å². The number of amides is 1. The third-order valence-electron chi connectivity index (χ3n) is 3.07. The number of alkyl carbamates (subject to hydrolysis) is 1. The van der Waals surface area contributed by atoms with Gasteiger partial charge in [0.2, 0.25) is 0 Å². The standard InChI is InChI=1S/C18H29NO5/c1-12(2)23-15-9-7-6-8-13(15)16(21)14(20)10-11-19-17(22)24-18(3,4)5/h6-9,12,14,16,20-21H,10-11H2,1-5H3,(H,19,22). The number of carbonyl (C=O) groups excluding carboxylic acids is 1. The van der Waals surface area contributed by atoms with Gasteiger partial charge >= 0.3 is 6.09 Å². The molecular weight excluding hydrogens is 310 g/mol. The minimum atomic E-state index is -1.10. The van der Waals surface area contributed by atoms with Crippen molar-refractivity contribution >= 4 is 6.09 Å². The van der Waals surface area contributed by atoms with Crippen LogP contribution in [0.3, 0.4) is 0 Å². The molecule has 2 unspecified atom stereocenters. The van der Waals surface area contributed by atoms with E-state index in [0.29, 0.717) is 11.3 Å². The van der Waals surface area contributed by atoms with E-state index in [0.717, 1.165) is 0 Å². The minimum absolute atomic E-state index is 0.0377. The van der Waals surface area contributed by atoms with Crippen molar-refractivity contribution in [3.8, 4) is 5.75 Å². The van der Waals surface area contributed by atoms with Gasteiger partial charge in [0.15, 0.2) is 0 Å². The van der Waals surface area contributed by atoms with Crippen LogP contribution in [0, 0.1) is 0 Å². The van der Waals surface area contributed by atoms with Gasteiger partial charge in [0, 0.05) is 12.1 Å². The quantitative estimate of drug-likeness (QED) is 0.711. The van der Waals surface area contributed by atoms with Crippen LogP contribution in [0.4, 0.5) is 4.79 Å². The molecule has 2 atom stereocenters. The van der Waals surface area contributed by atoms with Crippen molar-refractivity contribution in [2.75, 3.05) is 6.54 Å². The highest BCUT2D eigenvalue weighted by Gasteiger charge is 2.22. The smallest absolute Gasteiger partial charge is 0.407 e. The van der Waals surface area contributed by atoms with E-state index < -0.39 is 23.9 Å². The number of hydrogen-bond acceptors (Lipinski definition) is 5. The average molecular weight is 339 g/mol. The Bertz CT molecular complexity index is 524. The maximum atomic E-state index is 11.6. The molecule has 3 N–H and O–H groups in total. The number of nitrogens with one attached hydrogen (secondary N) is 1. The largest absolute Gasteiger partial charge is 0.491 e. The van der Waals surface area contributed by atoms with Gasteiger partial charge in [0.1, 0.15) is 17.5 Å². The first-order chi connectivity index (χ1) is 11.1. The Morgan fingerprint density at radius 1 is 1.21 bits per heavy atom. The summed E-state index contributed by atoms with van der Waals surface area (Å²) in [5.74, 6) is 0.541. The van der Waals surface area contributed by atoms with Crippen LogP contribution in [0.2, 0.25) is 0 Å². The lowest BCUT2D eigenvalue weighted by molar-refractivity contribution is 0.0103. The van der Waals surface area contributed by atoms with Crippen molar-refractivity contribution in [2.24, 2.45) is 0 Å². The molecule has 1 aromatic rings. The van der Waals surface area contributed by atoms with Crippen molar-refractivity contribution in [1.29, 1.82) is 0 Å². The van der Waals surface area contributed by atoms with Crippen molar-refractivity contribution in [2.45, 2.75) is 65.0 Å². The number of hydrogen-bond donors (Lipinski definition) is 3. The molecule has 1 rings (SSSR count). The Hall–Kier alpha value is -1.79. The van der Waals surface area contributed by atoms with Crippen LogP contribution < -0.4 is 10.1 Å². The molecule has 1 amide bonds. The van der Waals surface area contributed by atoms with E-state index >= 15 is 0 Å². The molecule has 0 aliphatic carbocycles. The summed E-state index contributed by atoms with van der Waals surface area (Å²) in [4.78, 5) is 11.6. The molecule has 0 aromatic heterocycles. The summed E-state index contributed by atoms with van der Waals surface area (Å²) >= 11 is 0. The molecular formula is C18H29NO5. The fraction of sp³-hybridized carbons (Fsp3) is 0.611. The second kappa shape index (κ2) is 8.89. The molecule has 6 heteroatoms. The predicted molar refractivity (Wildman–Crippen MR) is 92.0 cm³/mol. The monoisotopic (exact) mass is 339 g/mol. The molecule has 0 aliphatic heterocycles. The van der Waals surface area contributed by atoms with Gasteiger partial charge in [-0.05, 0) is 47.1 Å². The number of para-hydroxylation sites is 1. The Kier molecular flexibility index (Phi) is 7.51. The van der Waals surface area contributed by atoms with E-state index in [1.807, 2.05) is 19.9 Å². The highest BCUT2D eigenvalue weighted by Crippen LogP contribution is 2.28. The van der Waals surface area contributed by atoms with E-state index in [-0.39, 0.29) is 19.1 Å². The Morgan fingerprint density at radius 3 is 2.42 bits per heavy atom. The fourth-order valence-electron chi connectivity index (χ4n) is 2.09. The number of aliphatic hydroxyl groups excluding tert-OH is 2. The lowest BCUT2D eigenvalue weighted by Gasteiger charge is -2.23. The summed E-state index contributed by atoms with van der Waals surface area (Å²) in [5.41, 5.74) is -0.0500. The van der Waals surface area contributed by atoms with Crippen LogP contribution in [0.5, 0.6) is 5.75 Å². The molecule has 6 nitrogen and oxygen atoms in total. The highest BCUT2D eigenvalue weighted by atomic mass is 16.6. The molecule has 0 aliphatic rings. The van der Waals surface area contributed by atoms with Crippen LogP contribution in [0.1, 0.15) is 52.7 Å². The van der Waals surface area contributed by atoms with Crippen LogP contribution in [0.25, 0.3) is 0 Å². The van der Waals surface area contributed by atoms with E-state index in [1.54, 1.807) is 39.0 Å². The van der Waals surface area contributed by atoms with Crippen molar-refractivity contribution < 1.29 is 24.5 Å². The SMILES string of the molecule is CC(C)Oc1ccccc1C(O)C(O)CCNC(=O)OC(C)(C)C. The summed E-state index contributed by atoms with van der Waals surface area (Å²) < 4.78 is 10.8. The number of carbonyl (C=O) groups is 1. The molecule has 0 saturated carbocycles. The number of ether oxygens (including phenoxy) is 2. The van der Waals surface area contributed by atoms with Crippen LogP contribution in [-0.4, -0.2) is 40.7 Å². The van der Waals surface area contributed by atoms with Crippen LogP contribution in [0.15, 0.2) is 24.3 Å². The second-order valence-electron chi connectivity index (χ2n) is 6.93. The first-order valence-electron chi connectivity index (χ1n) is 8.18. The molecule has 0 spiro atoms. The van der Waals surface area contributed by atoms with E-state index in [4.69, 9.17) is 9.47 Å². The molecule has 0 fully saturated rings. The van der Waals surface area contributed by atoms with Gasteiger partial charge in [-0.15, -0.1) is 0 Å². The zero-order valence-corrected chi connectivity index (χ0v) is 15.1. The molecule has 0 bridgehead atoms. The van der Waals surface area contributed by atoms with Gasteiger partial charge in [-0.25, -0.2) is 4.79 Å². The summed E-state index contributed by atoms with van der Waals surface area (Å²) in [6.07, 6.45) is -2.52. The van der Waals surface area contributed by atoms with Crippen LogP contribution in [-0.2, 0) is 4.74 Å². The second-order valence-corrected chi connectivity index (χ2v) is 6.93. The molecule has 24 heavy (non-hydrogen) atoms. The molecule has 0 saturated heterocycles. The zero-order valence-electron chi connectivity index (χ0n) is 15.1. The molecule has 136 valence electrons. The summed E-state index contributed by atoms with van der Waals surface area (Å²) in [7, 11) is 0. The lowest BCUT2D eigenvalue weighted by atomic mass is 10.0. The average Bonchev–Trinajstić information content (AvgIpc) is 2.44. The van der Waals surface area contributed by atoms with Gasteiger partial charge in [-0.1, -0.05) is 18.2 Å². The normalized spacial score (nSPS) is 14.2. The molecule has 0 heterocycles. The maximum Gasteiger partial charge on any atom is 0.407 e. The summed E-state index contributed by atoms with van der Waals surface area (Å²) in [6.45, 7) is 9.31. The first kappa shape index (κ1) is 20.3. The topological polar surface area (TPSA) is 88.0 Å². The maximum absolute atomic E-state index is 11.6. The van der Waals surface area contributed by atoms with E-state index in [1.165, 1.54) is 0 Å². The predicted octanol–water partition coefficient (Wildman–Crippen LogP) is 2.78. The van der Waals surface area contributed by atoms with Gasteiger partial charge in [0.25, 0.3) is 0 Å². The van der Waals surface area contributed by atoms with Gasteiger partial charge in [-0.2, -0.15) is 0 Å². The third-order valence-corrected chi connectivity index (χ3v) is 3.07. The first-order valence-corrected chi connectivity index (χ1v) is 8.18. The number of rotatable bonds is 7. The molecule has 1 aromatic carbocycles. The minimum Gasteiger partial charge on any atom is -0.491 e. The zero-order chi connectivity index (χ0) is 18.3. The number of aliphatic hydroxyl groups is 2. The highest BCUT2D eigenvalue weighted by molar-refractivity contribution is 5.67. The summed E-state index contributed by atoms with van der Waals surface area (Å²) in [5, 5.41) is 23.1. The van der Waals surface area contributed by atoms with Crippen molar-refractivity contribution in [1.82, 2.24) is 5.32 Å². The van der Waals surface area contributed by atoms with E-state index in [9.17, 15) is 15.0 Å². The Labute approximate surface area is 143 Å². The van der Waals surface area contributed by atoms with Crippen molar-refractivity contribution in [3.05, 3.63) is 29.8 Å². The van der Waals surface area contributed by atoms with Gasteiger partial charge < -0.3 is 25.0 Å². The van der Waals surface area contributed by atoms with Gasteiger partial charge in [-0.3, -0.25) is 0 Å². The van der Waals surface area contributed by atoms with Crippen molar-refractivity contribution in [3.63, 3.8) is 0 Å². The Balaban J connectivity index is 2.56. The lowest BCUT2D eigenvalue weighted by Crippen LogP contribution is -2.34. The number of benzene rings is 1. The van der Waals surface area contributed by atoms with E-state index in [2.05, 4.69) is 5.32 Å². The Morgan fingerprint density at radius 2 is 1.83 bits per heavy atom. The summed E-state index contributed by atoms with van der Waals surface area (Å²) in [6, 6.07) is 7.05.